The maximum Gasteiger partial charge on any atom is 0.220 e. The normalized spacial score (nSPS) is 10.8. The number of nitrogens with one attached hydrogen (secondary N) is 1. The second-order valence-electron chi connectivity index (χ2n) is 5.99. The van der Waals surface area contributed by atoms with E-state index in [1.807, 2.05) is 6.92 Å². The van der Waals surface area contributed by atoms with Gasteiger partial charge in [0.1, 0.15) is 5.78 Å². The first kappa shape index (κ1) is 24.0. The molecule has 0 bridgehead atoms. The number of ether oxygens (including phenoxy) is 3. The highest BCUT2D eigenvalue weighted by Gasteiger charge is 2.00. The van der Waals surface area contributed by atoms with Crippen LogP contribution in [0.25, 0.3) is 0 Å². The van der Waals surface area contributed by atoms with Crippen LogP contribution in [-0.2, 0) is 23.8 Å². The largest absolute Gasteiger partial charge is 0.379 e. The number of hydrogen-bond donors (Lipinski definition) is 1. The molecule has 25 heavy (non-hydrogen) atoms. The molecule has 0 atom stereocenters. The average Bonchev–Trinajstić information content (AvgIpc) is 2.62. The smallest absolute Gasteiger partial charge is 0.220 e. The van der Waals surface area contributed by atoms with Gasteiger partial charge in [0.05, 0.1) is 39.6 Å². The van der Waals surface area contributed by atoms with Gasteiger partial charge in [-0.3, -0.25) is 9.59 Å². The summed E-state index contributed by atoms with van der Waals surface area (Å²) in [5.74, 6) is 0.327. The number of Topliss-reactive ketones (excluding diaryl/α,β-unsaturated/α-hetero) is 1. The van der Waals surface area contributed by atoms with Crippen molar-refractivity contribution in [1.82, 2.24) is 5.32 Å². The second kappa shape index (κ2) is 19.3. The molecular formula is C19H37NO5. The maximum absolute atomic E-state index is 11.6. The Hall–Kier alpha value is -0.980. The van der Waals surface area contributed by atoms with E-state index < -0.39 is 0 Å². The molecule has 0 rings (SSSR count). The van der Waals surface area contributed by atoms with Gasteiger partial charge >= 0.3 is 0 Å². The molecule has 148 valence electrons. The van der Waals surface area contributed by atoms with Crippen LogP contribution in [0.3, 0.4) is 0 Å². The van der Waals surface area contributed by atoms with Gasteiger partial charge in [-0.25, -0.2) is 0 Å². The van der Waals surface area contributed by atoms with Crippen LogP contribution in [0.4, 0.5) is 0 Å². The molecule has 0 fully saturated rings. The summed E-state index contributed by atoms with van der Waals surface area (Å²) in [5, 5.41) is 2.86. The average molecular weight is 360 g/mol. The van der Waals surface area contributed by atoms with Crippen molar-refractivity contribution >= 4 is 11.7 Å². The number of amides is 1. The van der Waals surface area contributed by atoms with E-state index in [0.29, 0.717) is 65.4 Å². The van der Waals surface area contributed by atoms with E-state index in [9.17, 15) is 9.59 Å². The van der Waals surface area contributed by atoms with E-state index in [-0.39, 0.29) is 11.7 Å². The minimum atomic E-state index is 0.107. The van der Waals surface area contributed by atoms with Crippen LogP contribution in [0.15, 0.2) is 0 Å². The molecule has 0 aromatic carbocycles. The fraction of sp³-hybridized carbons (Fsp3) is 0.895. The molecule has 0 aliphatic carbocycles. The zero-order valence-electron chi connectivity index (χ0n) is 16.1. The number of hydrogen-bond acceptors (Lipinski definition) is 5. The van der Waals surface area contributed by atoms with Crippen molar-refractivity contribution in [3.8, 4) is 0 Å². The molecule has 0 aromatic rings. The molecular weight excluding hydrogens is 322 g/mol. The summed E-state index contributed by atoms with van der Waals surface area (Å²) in [7, 11) is 0. The first-order chi connectivity index (χ1) is 12.2. The van der Waals surface area contributed by atoms with Crippen molar-refractivity contribution in [3.63, 3.8) is 0 Å². The van der Waals surface area contributed by atoms with Crippen molar-refractivity contribution in [2.24, 2.45) is 0 Å². The lowest BCUT2D eigenvalue weighted by molar-refractivity contribution is -0.121. The molecule has 0 aliphatic heterocycles. The summed E-state index contributed by atoms with van der Waals surface area (Å²) < 4.78 is 16.0. The molecule has 1 amide bonds. The topological polar surface area (TPSA) is 73.9 Å². The molecule has 0 aromatic heterocycles. The Morgan fingerprint density at radius 1 is 0.720 bits per heavy atom. The fourth-order valence-corrected chi connectivity index (χ4v) is 2.14. The van der Waals surface area contributed by atoms with Crippen LogP contribution in [-0.4, -0.2) is 57.9 Å². The second-order valence-corrected chi connectivity index (χ2v) is 5.99. The highest BCUT2D eigenvalue weighted by atomic mass is 16.5. The molecule has 0 saturated heterocycles. The zero-order chi connectivity index (χ0) is 18.6. The Morgan fingerprint density at radius 2 is 1.32 bits per heavy atom. The van der Waals surface area contributed by atoms with Crippen molar-refractivity contribution in [2.45, 2.75) is 65.2 Å². The van der Waals surface area contributed by atoms with E-state index >= 15 is 0 Å². The predicted octanol–water partition coefficient (Wildman–Crippen LogP) is 2.88. The third-order valence-corrected chi connectivity index (χ3v) is 3.74. The minimum Gasteiger partial charge on any atom is -0.379 e. The molecule has 0 radical (unpaired) electrons. The number of ketones is 1. The zero-order valence-corrected chi connectivity index (χ0v) is 16.1. The van der Waals surface area contributed by atoms with E-state index in [4.69, 9.17) is 14.2 Å². The van der Waals surface area contributed by atoms with Crippen LogP contribution >= 0.6 is 0 Å². The molecule has 0 saturated carbocycles. The molecule has 0 spiro atoms. The molecule has 6 nitrogen and oxygen atoms in total. The van der Waals surface area contributed by atoms with Crippen molar-refractivity contribution in [3.05, 3.63) is 0 Å². The highest BCUT2D eigenvalue weighted by molar-refractivity contribution is 5.78. The maximum atomic E-state index is 11.6. The minimum absolute atomic E-state index is 0.107. The van der Waals surface area contributed by atoms with E-state index in [1.165, 1.54) is 19.3 Å². The van der Waals surface area contributed by atoms with E-state index in [1.54, 1.807) is 0 Å². The fourth-order valence-electron chi connectivity index (χ4n) is 2.14. The number of carbonyl (C=O) groups is 2. The van der Waals surface area contributed by atoms with Gasteiger partial charge in [-0.2, -0.15) is 0 Å². The van der Waals surface area contributed by atoms with Gasteiger partial charge in [0.25, 0.3) is 0 Å². The molecule has 0 unspecified atom stereocenters. The summed E-state index contributed by atoms with van der Waals surface area (Å²) in [4.78, 5) is 22.6. The van der Waals surface area contributed by atoms with Crippen molar-refractivity contribution < 1.29 is 23.8 Å². The molecule has 6 heteroatoms. The van der Waals surface area contributed by atoms with Gasteiger partial charge in [0.2, 0.25) is 5.91 Å². The summed E-state index contributed by atoms with van der Waals surface area (Å²) in [5.41, 5.74) is 0. The van der Waals surface area contributed by atoms with Crippen molar-refractivity contribution in [2.75, 3.05) is 46.2 Å². The standard InChI is InChI=1S/C19H37NO5/c1-3-5-6-7-8-9-19(22)20-11-13-24-15-17-25-16-14-23-12-10-18(21)4-2/h3-17H2,1-2H3,(H,20,22). The summed E-state index contributed by atoms with van der Waals surface area (Å²) in [6, 6.07) is 0. The van der Waals surface area contributed by atoms with Gasteiger partial charge < -0.3 is 19.5 Å². The van der Waals surface area contributed by atoms with Crippen molar-refractivity contribution in [1.29, 1.82) is 0 Å². The lowest BCUT2D eigenvalue weighted by Crippen LogP contribution is -2.27. The van der Waals surface area contributed by atoms with E-state index in [0.717, 1.165) is 12.8 Å². The Balaban J connectivity index is 3.15. The number of rotatable bonds is 19. The lowest BCUT2D eigenvalue weighted by Gasteiger charge is -2.08. The van der Waals surface area contributed by atoms with Crippen LogP contribution in [0.2, 0.25) is 0 Å². The van der Waals surface area contributed by atoms with Crippen LogP contribution in [0, 0.1) is 0 Å². The van der Waals surface area contributed by atoms with Gasteiger partial charge in [-0.05, 0) is 6.42 Å². The number of unbranched alkanes of at least 4 members (excludes halogenated alkanes) is 4. The summed E-state index contributed by atoms with van der Waals surface area (Å²) >= 11 is 0. The third kappa shape index (κ3) is 19.2. The third-order valence-electron chi connectivity index (χ3n) is 3.74. The summed E-state index contributed by atoms with van der Waals surface area (Å²) in [6.07, 6.45) is 7.44. The Labute approximate surface area is 153 Å². The number of carbonyl (C=O) groups excluding carboxylic acids is 2. The molecule has 0 heterocycles. The first-order valence-corrected chi connectivity index (χ1v) is 9.72. The summed E-state index contributed by atoms with van der Waals surface area (Å²) in [6.45, 7) is 7.54. The predicted molar refractivity (Wildman–Crippen MR) is 98.8 cm³/mol. The van der Waals surface area contributed by atoms with Crippen LogP contribution in [0.5, 0.6) is 0 Å². The van der Waals surface area contributed by atoms with Crippen LogP contribution < -0.4 is 5.32 Å². The Bertz CT molecular complexity index is 323. The lowest BCUT2D eigenvalue weighted by atomic mass is 10.1. The van der Waals surface area contributed by atoms with Gasteiger partial charge in [-0.15, -0.1) is 0 Å². The monoisotopic (exact) mass is 359 g/mol. The highest BCUT2D eigenvalue weighted by Crippen LogP contribution is 2.04. The quantitative estimate of drug-likeness (QED) is 0.359. The SMILES string of the molecule is CCCCCCCC(=O)NCCOCCOCCOCCC(=O)CC. The van der Waals surface area contributed by atoms with Gasteiger partial charge in [0.15, 0.2) is 0 Å². The van der Waals surface area contributed by atoms with Gasteiger partial charge in [0, 0.05) is 25.8 Å². The van der Waals surface area contributed by atoms with Crippen LogP contribution in [0.1, 0.15) is 65.2 Å². The van der Waals surface area contributed by atoms with Gasteiger partial charge in [-0.1, -0.05) is 39.5 Å². The Morgan fingerprint density at radius 3 is 1.96 bits per heavy atom. The molecule has 0 aliphatic rings. The van der Waals surface area contributed by atoms with E-state index in [2.05, 4.69) is 12.2 Å². The Kier molecular flexibility index (Phi) is 18.6. The molecule has 1 N–H and O–H groups in total. The first-order valence-electron chi connectivity index (χ1n) is 9.72.